The molecule has 1 aliphatic rings. The van der Waals surface area contributed by atoms with Crippen molar-refractivity contribution in [2.24, 2.45) is 0 Å². The van der Waals surface area contributed by atoms with E-state index >= 15 is 0 Å². The van der Waals surface area contributed by atoms with Crippen LogP contribution >= 0.6 is 11.3 Å². The molecular weight excluding hydrogens is 429 g/mol. The van der Waals surface area contributed by atoms with Gasteiger partial charge in [0.05, 0.1) is 16.3 Å². The van der Waals surface area contributed by atoms with Gasteiger partial charge < -0.3 is 4.90 Å². The molecule has 0 N–H and O–H groups in total. The molecule has 0 radical (unpaired) electrons. The summed E-state index contributed by atoms with van der Waals surface area (Å²) in [6, 6.07) is 5.84. The molecular formula is C21H19F3N4O2S. The lowest BCUT2D eigenvalue weighted by molar-refractivity contribution is -0.137. The molecule has 0 bridgehead atoms. The summed E-state index contributed by atoms with van der Waals surface area (Å²) in [5, 5.41) is 6.98. The van der Waals surface area contributed by atoms with Gasteiger partial charge in [-0.3, -0.25) is 9.59 Å². The monoisotopic (exact) mass is 448 g/mol. The minimum atomic E-state index is -4.51. The van der Waals surface area contributed by atoms with E-state index in [-0.39, 0.29) is 17.3 Å². The molecule has 0 spiro atoms. The normalized spacial score (nSPS) is 17.0. The summed E-state index contributed by atoms with van der Waals surface area (Å²) in [5.41, 5.74) is -1.23. The van der Waals surface area contributed by atoms with Gasteiger partial charge in [0.15, 0.2) is 5.69 Å². The molecule has 2 aromatic heterocycles. The molecule has 6 nitrogen and oxygen atoms in total. The van der Waals surface area contributed by atoms with Gasteiger partial charge in [-0.2, -0.15) is 18.3 Å². The Bertz CT molecular complexity index is 1160. The van der Waals surface area contributed by atoms with E-state index in [1.165, 1.54) is 34.2 Å². The van der Waals surface area contributed by atoms with Crippen LogP contribution in [0.1, 0.15) is 45.5 Å². The number of carbonyl (C=O) groups excluding carboxylic acids is 1. The van der Waals surface area contributed by atoms with Gasteiger partial charge in [0, 0.05) is 42.3 Å². The fourth-order valence-corrected chi connectivity index (χ4v) is 4.49. The Morgan fingerprint density at radius 2 is 2.06 bits per heavy atom. The predicted molar refractivity (Wildman–Crippen MR) is 110 cm³/mol. The predicted octanol–water partition coefficient (Wildman–Crippen LogP) is 4.04. The average Bonchev–Trinajstić information content (AvgIpc) is 3.28. The molecule has 1 unspecified atom stereocenters. The van der Waals surface area contributed by atoms with Crippen molar-refractivity contribution in [3.8, 4) is 5.69 Å². The summed E-state index contributed by atoms with van der Waals surface area (Å²) >= 11 is 1.52. The van der Waals surface area contributed by atoms with Crippen LogP contribution in [-0.2, 0) is 6.18 Å². The number of amides is 1. The van der Waals surface area contributed by atoms with E-state index in [1.54, 1.807) is 18.0 Å². The number of carbonyl (C=O) groups is 1. The van der Waals surface area contributed by atoms with Gasteiger partial charge in [0.25, 0.3) is 5.91 Å². The molecule has 0 saturated carbocycles. The number of rotatable bonds is 3. The van der Waals surface area contributed by atoms with Crippen molar-refractivity contribution < 1.29 is 18.0 Å². The third-order valence-electron chi connectivity index (χ3n) is 5.24. The van der Waals surface area contributed by atoms with Crippen molar-refractivity contribution in [2.75, 3.05) is 13.1 Å². The third kappa shape index (κ3) is 4.39. The summed E-state index contributed by atoms with van der Waals surface area (Å²) in [5.74, 6) is -0.430. The van der Waals surface area contributed by atoms with Crippen molar-refractivity contribution in [3.63, 3.8) is 0 Å². The van der Waals surface area contributed by atoms with Crippen molar-refractivity contribution in [1.82, 2.24) is 19.7 Å². The summed E-state index contributed by atoms with van der Waals surface area (Å²) in [7, 11) is 0. The van der Waals surface area contributed by atoms with E-state index < -0.39 is 23.1 Å². The Balaban J connectivity index is 1.67. The largest absolute Gasteiger partial charge is 0.416 e. The highest BCUT2D eigenvalue weighted by molar-refractivity contribution is 7.09. The van der Waals surface area contributed by atoms with E-state index in [9.17, 15) is 22.8 Å². The van der Waals surface area contributed by atoms with E-state index in [0.29, 0.717) is 18.8 Å². The molecule has 3 heterocycles. The number of aryl methyl sites for hydroxylation is 1. The number of aromatic nitrogens is 3. The quantitative estimate of drug-likeness (QED) is 0.607. The molecule has 1 aromatic carbocycles. The second kappa shape index (κ2) is 8.26. The molecule has 4 rings (SSSR count). The molecule has 1 amide bonds. The maximum absolute atomic E-state index is 13.1. The molecule has 1 fully saturated rings. The number of nitrogens with zero attached hydrogens (tertiary/aromatic N) is 4. The van der Waals surface area contributed by atoms with Gasteiger partial charge in [0.1, 0.15) is 0 Å². The second-order valence-corrected chi connectivity index (χ2v) is 8.35. The van der Waals surface area contributed by atoms with Crippen LogP contribution < -0.4 is 5.43 Å². The van der Waals surface area contributed by atoms with Crippen LogP contribution in [0.25, 0.3) is 5.69 Å². The molecule has 31 heavy (non-hydrogen) atoms. The Morgan fingerprint density at radius 3 is 2.77 bits per heavy atom. The minimum absolute atomic E-state index is 0.0915. The van der Waals surface area contributed by atoms with Crippen LogP contribution in [0.4, 0.5) is 13.2 Å². The number of benzene rings is 1. The molecule has 10 heteroatoms. The van der Waals surface area contributed by atoms with Crippen LogP contribution in [0.5, 0.6) is 0 Å². The Morgan fingerprint density at radius 1 is 1.26 bits per heavy atom. The summed E-state index contributed by atoms with van der Waals surface area (Å²) in [6.07, 6.45) is -1.13. The highest BCUT2D eigenvalue weighted by Gasteiger charge is 2.31. The van der Waals surface area contributed by atoms with Crippen LogP contribution in [0, 0.1) is 6.92 Å². The van der Waals surface area contributed by atoms with Crippen molar-refractivity contribution in [3.05, 3.63) is 74.1 Å². The minimum Gasteiger partial charge on any atom is -0.336 e. The van der Waals surface area contributed by atoms with Gasteiger partial charge >= 0.3 is 6.18 Å². The van der Waals surface area contributed by atoms with Crippen LogP contribution in [0.3, 0.4) is 0 Å². The second-order valence-electron chi connectivity index (χ2n) is 7.42. The number of halogens is 3. The van der Waals surface area contributed by atoms with Crippen molar-refractivity contribution >= 4 is 17.2 Å². The first-order chi connectivity index (χ1) is 14.7. The Labute approximate surface area is 180 Å². The maximum atomic E-state index is 13.1. The number of thiazole rings is 1. The highest BCUT2D eigenvalue weighted by Crippen LogP contribution is 2.31. The molecule has 1 aliphatic heterocycles. The van der Waals surface area contributed by atoms with Crippen LogP contribution in [0.15, 0.2) is 46.7 Å². The lowest BCUT2D eigenvalue weighted by Gasteiger charge is -2.31. The summed E-state index contributed by atoms with van der Waals surface area (Å²) in [4.78, 5) is 31.5. The lowest BCUT2D eigenvalue weighted by Crippen LogP contribution is -2.42. The van der Waals surface area contributed by atoms with Crippen LogP contribution in [0.2, 0.25) is 0 Å². The zero-order chi connectivity index (χ0) is 22.2. The highest BCUT2D eigenvalue weighted by atomic mass is 32.1. The van der Waals surface area contributed by atoms with Crippen molar-refractivity contribution in [1.29, 1.82) is 0 Å². The third-order valence-corrected chi connectivity index (χ3v) is 6.18. The molecule has 1 saturated heterocycles. The number of piperidine rings is 1. The van der Waals surface area contributed by atoms with Gasteiger partial charge in [-0.25, -0.2) is 9.67 Å². The SMILES string of the molecule is Cc1cc(=O)c(C(=O)N2CCCC(c3nccs3)C2)nn1-c1cccc(C(F)(F)F)c1. The van der Waals surface area contributed by atoms with Crippen molar-refractivity contribution in [2.45, 2.75) is 31.9 Å². The summed E-state index contributed by atoms with van der Waals surface area (Å²) in [6.45, 7) is 2.46. The topological polar surface area (TPSA) is 68.1 Å². The molecule has 1 atom stereocenters. The molecule has 3 aromatic rings. The number of likely N-dealkylation sites (tertiary alicyclic amines) is 1. The van der Waals surface area contributed by atoms with E-state index in [4.69, 9.17) is 0 Å². The smallest absolute Gasteiger partial charge is 0.336 e. The maximum Gasteiger partial charge on any atom is 0.416 e. The Hall–Kier alpha value is -3.01. The van der Waals surface area contributed by atoms with E-state index in [1.807, 2.05) is 5.38 Å². The van der Waals surface area contributed by atoms with Gasteiger partial charge in [-0.1, -0.05) is 6.07 Å². The molecule has 0 aliphatic carbocycles. The fraction of sp³-hybridized carbons (Fsp3) is 0.333. The average molecular weight is 448 g/mol. The number of alkyl halides is 3. The molecule has 162 valence electrons. The van der Waals surface area contributed by atoms with Gasteiger partial charge in [-0.05, 0) is 38.0 Å². The number of hydrogen-bond donors (Lipinski definition) is 0. The standard InChI is InChI=1S/C21H19F3N4O2S/c1-13-10-17(29)18(26-28(13)16-6-2-5-15(11-16)21(22,23)24)20(30)27-8-3-4-14(12-27)19-25-7-9-31-19/h2,5-7,9-11,14H,3-4,8,12H2,1H3. The number of hydrogen-bond acceptors (Lipinski definition) is 5. The zero-order valence-electron chi connectivity index (χ0n) is 16.6. The lowest BCUT2D eigenvalue weighted by atomic mass is 9.98. The van der Waals surface area contributed by atoms with E-state index in [0.717, 1.165) is 30.0 Å². The first-order valence-electron chi connectivity index (χ1n) is 9.71. The fourth-order valence-electron chi connectivity index (χ4n) is 3.72. The Kier molecular flexibility index (Phi) is 5.65. The summed E-state index contributed by atoms with van der Waals surface area (Å²) < 4.78 is 40.5. The van der Waals surface area contributed by atoms with Gasteiger partial charge in [-0.15, -0.1) is 11.3 Å². The van der Waals surface area contributed by atoms with Gasteiger partial charge in [0.2, 0.25) is 5.43 Å². The first kappa shape index (κ1) is 21.2. The first-order valence-corrected chi connectivity index (χ1v) is 10.6. The van der Waals surface area contributed by atoms with E-state index in [2.05, 4.69) is 10.1 Å². The van der Waals surface area contributed by atoms with Crippen LogP contribution in [-0.4, -0.2) is 38.7 Å². The zero-order valence-corrected chi connectivity index (χ0v) is 17.4.